The predicted octanol–water partition coefficient (Wildman–Crippen LogP) is 2.98. The third-order valence-corrected chi connectivity index (χ3v) is 2.78. The van der Waals surface area contributed by atoms with Crippen LogP contribution in [0.4, 0.5) is 5.82 Å². The lowest BCUT2D eigenvalue weighted by Gasteiger charge is -2.12. The molecule has 0 atom stereocenters. The molecule has 0 radical (unpaired) electrons. The molecule has 0 aliphatic rings. The van der Waals surface area contributed by atoms with Crippen LogP contribution in [-0.4, -0.2) is 21.5 Å². The standard InChI is InChI=1S/C14H18N4/c1-4-7-16-14-13(12-6-5-8-15-9-12)17-10(2)11(3)18-14/h5-6,8-9H,4,7H2,1-3H3,(H,16,18). The van der Waals surface area contributed by atoms with E-state index < -0.39 is 0 Å². The third kappa shape index (κ3) is 2.64. The number of rotatable bonds is 4. The van der Waals surface area contributed by atoms with Crippen LogP contribution in [0.5, 0.6) is 0 Å². The highest BCUT2D eigenvalue weighted by molar-refractivity contribution is 5.70. The van der Waals surface area contributed by atoms with Crippen molar-refractivity contribution in [2.45, 2.75) is 27.2 Å². The Hall–Kier alpha value is -1.97. The molecule has 0 aromatic carbocycles. The van der Waals surface area contributed by atoms with Crippen LogP contribution in [0.15, 0.2) is 24.5 Å². The average Bonchev–Trinajstić information content (AvgIpc) is 2.40. The first-order valence-corrected chi connectivity index (χ1v) is 6.22. The van der Waals surface area contributed by atoms with Gasteiger partial charge in [0.15, 0.2) is 5.82 Å². The SMILES string of the molecule is CCCNc1nc(C)c(C)nc1-c1cccnc1. The number of anilines is 1. The maximum absolute atomic E-state index is 4.63. The van der Waals surface area contributed by atoms with Crippen molar-refractivity contribution < 1.29 is 0 Å². The number of hydrogen-bond acceptors (Lipinski definition) is 4. The minimum Gasteiger partial charge on any atom is -0.368 e. The number of hydrogen-bond donors (Lipinski definition) is 1. The van der Waals surface area contributed by atoms with Crippen molar-refractivity contribution >= 4 is 5.82 Å². The van der Waals surface area contributed by atoms with Gasteiger partial charge in [0.2, 0.25) is 0 Å². The van der Waals surface area contributed by atoms with Crippen LogP contribution in [-0.2, 0) is 0 Å². The fourth-order valence-corrected chi connectivity index (χ4v) is 1.67. The molecule has 0 unspecified atom stereocenters. The van der Waals surface area contributed by atoms with E-state index in [0.717, 1.165) is 41.4 Å². The van der Waals surface area contributed by atoms with E-state index in [1.54, 1.807) is 6.20 Å². The van der Waals surface area contributed by atoms with Crippen molar-refractivity contribution in [1.29, 1.82) is 0 Å². The summed E-state index contributed by atoms with van der Waals surface area (Å²) in [4.78, 5) is 13.4. The first-order valence-electron chi connectivity index (χ1n) is 6.22. The average molecular weight is 242 g/mol. The minimum absolute atomic E-state index is 0.841. The molecule has 1 N–H and O–H groups in total. The summed E-state index contributed by atoms with van der Waals surface area (Å²) >= 11 is 0. The Morgan fingerprint density at radius 3 is 2.61 bits per heavy atom. The van der Waals surface area contributed by atoms with E-state index in [1.165, 1.54) is 0 Å². The van der Waals surface area contributed by atoms with Gasteiger partial charge in [-0.2, -0.15) is 0 Å². The van der Waals surface area contributed by atoms with Crippen molar-refractivity contribution in [3.63, 3.8) is 0 Å². The Morgan fingerprint density at radius 2 is 1.94 bits per heavy atom. The lowest BCUT2D eigenvalue weighted by atomic mass is 10.2. The Balaban J connectivity index is 2.47. The molecule has 2 heterocycles. The van der Waals surface area contributed by atoms with Gasteiger partial charge in [0, 0.05) is 24.5 Å². The highest BCUT2D eigenvalue weighted by Crippen LogP contribution is 2.24. The molecule has 0 bridgehead atoms. The second-order valence-corrected chi connectivity index (χ2v) is 4.26. The quantitative estimate of drug-likeness (QED) is 0.895. The van der Waals surface area contributed by atoms with Gasteiger partial charge in [0.05, 0.1) is 11.4 Å². The van der Waals surface area contributed by atoms with Crippen LogP contribution in [0.25, 0.3) is 11.3 Å². The first-order chi connectivity index (χ1) is 8.72. The van der Waals surface area contributed by atoms with Gasteiger partial charge >= 0.3 is 0 Å². The molecule has 0 amide bonds. The highest BCUT2D eigenvalue weighted by Gasteiger charge is 2.10. The second kappa shape index (κ2) is 5.58. The van der Waals surface area contributed by atoms with E-state index in [1.807, 2.05) is 32.2 Å². The van der Waals surface area contributed by atoms with Gasteiger partial charge < -0.3 is 5.32 Å². The molecular formula is C14H18N4. The van der Waals surface area contributed by atoms with Crippen molar-refractivity contribution in [2.24, 2.45) is 0 Å². The summed E-state index contributed by atoms with van der Waals surface area (Å²) in [5.74, 6) is 0.841. The molecular weight excluding hydrogens is 224 g/mol. The molecule has 0 fully saturated rings. The smallest absolute Gasteiger partial charge is 0.152 e. The molecule has 2 aromatic heterocycles. The molecule has 2 aromatic rings. The van der Waals surface area contributed by atoms with Gasteiger partial charge in [-0.15, -0.1) is 0 Å². The summed E-state index contributed by atoms with van der Waals surface area (Å²) in [7, 11) is 0. The van der Waals surface area contributed by atoms with E-state index in [-0.39, 0.29) is 0 Å². The topological polar surface area (TPSA) is 50.7 Å². The summed E-state index contributed by atoms with van der Waals surface area (Å²) in [6.07, 6.45) is 4.63. The fourth-order valence-electron chi connectivity index (χ4n) is 1.67. The van der Waals surface area contributed by atoms with Crippen LogP contribution in [0.1, 0.15) is 24.7 Å². The number of nitrogens with zero attached hydrogens (tertiary/aromatic N) is 3. The molecule has 4 heteroatoms. The number of nitrogens with one attached hydrogen (secondary N) is 1. The van der Waals surface area contributed by atoms with Crippen LogP contribution >= 0.6 is 0 Å². The molecule has 2 rings (SSSR count). The first kappa shape index (κ1) is 12.5. The van der Waals surface area contributed by atoms with Crippen LogP contribution in [0.2, 0.25) is 0 Å². The maximum atomic E-state index is 4.63. The number of aryl methyl sites for hydroxylation is 2. The molecule has 0 spiro atoms. The predicted molar refractivity (Wildman–Crippen MR) is 73.5 cm³/mol. The van der Waals surface area contributed by atoms with E-state index in [0.29, 0.717) is 0 Å². The van der Waals surface area contributed by atoms with Crippen molar-refractivity contribution in [2.75, 3.05) is 11.9 Å². The zero-order valence-corrected chi connectivity index (χ0v) is 11.1. The third-order valence-electron chi connectivity index (χ3n) is 2.78. The Kier molecular flexibility index (Phi) is 3.87. The monoisotopic (exact) mass is 242 g/mol. The highest BCUT2D eigenvalue weighted by atomic mass is 15.0. The molecule has 18 heavy (non-hydrogen) atoms. The van der Waals surface area contributed by atoms with Crippen molar-refractivity contribution in [1.82, 2.24) is 15.0 Å². The molecule has 94 valence electrons. The number of pyridine rings is 1. The summed E-state index contributed by atoms with van der Waals surface area (Å²) in [5.41, 5.74) is 3.78. The van der Waals surface area contributed by atoms with Crippen LogP contribution in [0.3, 0.4) is 0 Å². The molecule has 0 saturated carbocycles. The number of aromatic nitrogens is 3. The lowest BCUT2D eigenvalue weighted by Crippen LogP contribution is -2.07. The van der Waals surface area contributed by atoms with Gasteiger partial charge in [0.1, 0.15) is 5.69 Å². The summed E-state index contributed by atoms with van der Waals surface area (Å²) in [6.45, 7) is 6.98. The van der Waals surface area contributed by atoms with Gasteiger partial charge in [0.25, 0.3) is 0 Å². The normalized spacial score (nSPS) is 10.4. The van der Waals surface area contributed by atoms with E-state index >= 15 is 0 Å². The van der Waals surface area contributed by atoms with Gasteiger partial charge in [-0.3, -0.25) is 4.98 Å². The van der Waals surface area contributed by atoms with Gasteiger partial charge in [-0.05, 0) is 32.4 Å². The van der Waals surface area contributed by atoms with Crippen molar-refractivity contribution in [3.8, 4) is 11.3 Å². The Labute approximate surface area is 108 Å². The fraction of sp³-hybridized carbons (Fsp3) is 0.357. The largest absolute Gasteiger partial charge is 0.368 e. The maximum Gasteiger partial charge on any atom is 0.152 e. The van der Waals surface area contributed by atoms with Gasteiger partial charge in [-0.25, -0.2) is 9.97 Å². The zero-order valence-electron chi connectivity index (χ0n) is 11.1. The molecule has 0 saturated heterocycles. The van der Waals surface area contributed by atoms with E-state index in [2.05, 4.69) is 27.2 Å². The van der Waals surface area contributed by atoms with E-state index in [4.69, 9.17) is 0 Å². The molecule has 0 aliphatic heterocycles. The van der Waals surface area contributed by atoms with Crippen LogP contribution in [0, 0.1) is 13.8 Å². The summed E-state index contributed by atoms with van der Waals surface area (Å²) in [6, 6.07) is 3.92. The zero-order chi connectivity index (χ0) is 13.0. The Morgan fingerprint density at radius 1 is 1.17 bits per heavy atom. The summed E-state index contributed by atoms with van der Waals surface area (Å²) in [5, 5.41) is 3.33. The van der Waals surface area contributed by atoms with Gasteiger partial charge in [-0.1, -0.05) is 6.92 Å². The molecule has 4 nitrogen and oxygen atoms in total. The second-order valence-electron chi connectivity index (χ2n) is 4.26. The Bertz CT molecular complexity index is 523. The lowest BCUT2D eigenvalue weighted by molar-refractivity contribution is 0.953. The summed E-state index contributed by atoms with van der Waals surface area (Å²) < 4.78 is 0. The van der Waals surface area contributed by atoms with E-state index in [9.17, 15) is 0 Å². The minimum atomic E-state index is 0.841. The van der Waals surface area contributed by atoms with Crippen molar-refractivity contribution in [3.05, 3.63) is 35.9 Å². The van der Waals surface area contributed by atoms with Crippen LogP contribution < -0.4 is 5.32 Å². The molecule has 0 aliphatic carbocycles.